The Hall–Kier alpha value is -1.60. The summed E-state index contributed by atoms with van der Waals surface area (Å²) < 4.78 is 1.83. The number of aromatic nitrogens is 4. The zero-order valence-corrected chi connectivity index (χ0v) is 11.4. The van der Waals surface area contributed by atoms with Gasteiger partial charge in [-0.1, -0.05) is 17.7 Å². The number of nitrogens with two attached hydrogens (primary N) is 1. The Balaban J connectivity index is 1.86. The summed E-state index contributed by atoms with van der Waals surface area (Å²) in [7, 11) is 0. The van der Waals surface area contributed by atoms with Gasteiger partial charge in [0.15, 0.2) is 0 Å². The van der Waals surface area contributed by atoms with Crippen molar-refractivity contribution in [1.82, 2.24) is 20.2 Å². The second-order valence-electron chi connectivity index (χ2n) is 4.30. The van der Waals surface area contributed by atoms with Gasteiger partial charge in [0, 0.05) is 10.5 Å². The molecule has 3 N–H and O–H groups in total. The number of nitrogens with zero attached hydrogens (tertiary/aromatic N) is 4. The summed E-state index contributed by atoms with van der Waals surface area (Å²) in [5.41, 5.74) is 6.03. The largest absolute Gasteiger partial charge is 0.384 e. The van der Waals surface area contributed by atoms with Crippen LogP contribution in [0.2, 0.25) is 5.02 Å². The van der Waals surface area contributed by atoms with Crippen LogP contribution in [-0.4, -0.2) is 26.0 Å². The number of nitrogens with one attached hydrogen (secondary N) is 1. The summed E-state index contributed by atoms with van der Waals surface area (Å²) in [5, 5.41) is 20.4. The van der Waals surface area contributed by atoms with E-state index in [9.17, 15) is 0 Å². The van der Waals surface area contributed by atoms with E-state index in [0.717, 1.165) is 22.9 Å². The Morgan fingerprint density at radius 1 is 1.47 bits per heavy atom. The molecule has 19 heavy (non-hydrogen) atoms. The Labute approximate surface area is 118 Å². The lowest BCUT2D eigenvalue weighted by atomic mass is 10.2. The SMILES string of the molecule is N=C(N)c1ccc(Sc2nnnn2C2CC2)c(Cl)c1. The minimum absolute atomic E-state index is 0.00117. The van der Waals surface area contributed by atoms with Crippen molar-refractivity contribution >= 4 is 29.2 Å². The van der Waals surface area contributed by atoms with Gasteiger partial charge in [-0.2, -0.15) is 0 Å². The molecule has 1 aromatic heterocycles. The molecule has 1 fully saturated rings. The zero-order chi connectivity index (χ0) is 13.4. The molecule has 1 aromatic carbocycles. The van der Waals surface area contributed by atoms with Crippen molar-refractivity contribution < 1.29 is 0 Å². The highest BCUT2D eigenvalue weighted by Gasteiger charge is 2.28. The second kappa shape index (κ2) is 4.82. The minimum Gasteiger partial charge on any atom is -0.384 e. The predicted octanol–water partition coefficient (Wildman–Crippen LogP) is 2.10. The third-order valence-corrected chi connectivity index (χ3v) is 4.25. The fourth-order valence-corrected chi connectivity index (χ4v) is 2.79. The van der Waals surface area contributed by atoms with Crippen molar-refractivity contribution in [3.63, 3.8) is 0 Å². The van der Waals surface area contributed by atoms with Gasteiger partial charge in [0.25, 0.3) is 0 Å². The van der Waals surface area contributed by atoms with Gasteiger partial charge in [-0.3, -0.25) is 5.41 Å². The first-order chi connectivity index (χ1) is 9.15. The summed E-state index contributed by atoms with van der Waals surface area (Å²) >= 11 is 7.61. The van der Waals surface area contributed by atoms with Crippen LogP contribution in [0.1, 0.15) is 24.4 Å². The van der Waals surface area contributed by atoms with Gasteiger partial charge >= 0.3 is 0 Å². The molecule has 0 bridgehead atoms. The molecule has 0 amide bonds. The second-order valence-corrected chi connectivity index (χ2v) is 5.71. The van der Waals surface area contributed by atoms with E-state index in [2.05, 4.69) is 15.5 Å². The van der Waals surface area contributed by atoms with Crippen LogP contribution in [0.15, 0.2) is 28.3 Å². The Morgan fingerprint density at radius 3 is 2.89 bits per heavy atom. The molecule has 6 nitrogen and oxygen atoms in total. The minimum atomic E-state index is 0.00117. The smallest absolute Gasteiger partial charge is 0.214 e. The van der Waals surface area contributed by atoms with Crippen LogP contribution in [0, 0.1) is 5.41 Å². The average molecular weight is 295 g/mol. The zero-order valence-electron chi connectivity index (χ0n) is 9.88. The summed E-state index contributed by atoms with van der Waals surface area (Å²) in [5.74, 6) is 0.00117. The molecule has 1 aliphatic rings. The molecule has 1 saturated carbocycles. The molecule has 1 heterocycles. The van der Waals surface area contributed by atoms with Crippen molar-refractivity contribution in [2.24, 2.45) is 5.73 Å². The Bertz CT molecular complexity index is 636. The maximum atomic E-state index is 7.37. The lowest BCUT2D eigenvalue weighted by Crippen LogP contribution is -2.10. The van der Waals surface area contributed by atoms with E-state index in [0.29, 0.717) is 16.6 Å². The summed E-state index contributed by atoms with van der Waals surface area (Å²) in [6.45, 7) is 0. The van der Waals surface area contributed by atoms with Crippen LogP contribution in [0.3, 0.4) is 0 Å². The van der Waals surface area contributed by atoms with Crippen LogP contribution >= 0.6 is 23.4 Å². The molecule has 1 aliphatic carbocycles. The third-order valence-electron chi connectivity index (χ3n) is 2.80. The third kappa shape index (κ3) is 2.57. The van der Waals surface area contributed by atoms with Crippen LogP contribution in [-0.2, 0) is 0 Å². The van der Waals surface area contributed by atoms with Gasteiger partial charge in [-0.25, -0.2) is 4.68 Å². The molecule has 3 rings (SSSR count). The molecule has 0 aliphatic heterocycles. The summed E-state index contributed by atoms with van der Waals surface area (Å²) in [6, 6.07) is 5.70. The van der Waals surface area contributed by atoms with Crippen LogP contribution in [0.4, 0.5) is 0 Å². The van der Waals surface area contributed by atoms with E-state index in [1.165, 1.54) is 11.8 Å². The molecule has 0 atom stereocenters. The van der Waals surface area contributed by atoms with Gasteiger partial charge in [0.2, 0.25) is 5.16 Å². The topological polar surface area (TPSA) is 93.5 Å². The normalized spacial score (nSPS) is 14.6. The number of rotatable bonds is 4. The van der Waals surface area contributed by atoms with Crippen molar-refractivity contribution in [3.05, 3.63) is 28.8 Å². The Kier molecular flexibility index (Phi) is 3.16. The molecule has 0 saturated heterocycles. The van der Waals surface area contributed by atoms with E-state index >= 15 is 0 Å². The van der Waals surface area contributed by atoms with Gasteiger partial charge in [-0.05, 0) is 47.2 Å². The van der Waals surface area contributed by atoms with E-state index < -0.39 is 0 Å². The average Bonchev–Trinajstić information content (AvgIpc) is 3.12. The first kappa shape index (κ1) is 12.4. The number of halogens is 1. The fraction of sp³-hybridized carbons (Fsp3) is 0.273. The lowest BCUT2D eigenvalue weighted by molar-refractivity contribution is 0.565. The van der Waals surface area contributed by atoms with Gasteiger partial charge in [0.1, 0.15) is 5.84 Å². The van der Waals surface area contributed by atoms with Crippen LogP contribution in [0.5, 0.6) is 0 Å². The van der Waals surface area contributed by atoms with E-state index in [-0.39, 0.29) is 5.84 Å². The van der Waals surface area contributed by atoms with Crippen molar-refractivity contribution in [2.45, 2.75) is 28.9 Å². The van der Waals surface area contributed by atoms with E-state index in [1.807, 2.05) is 10.7 Å². The van der Waals surface area contributed by atoms with E-state index in [1.54, 1.807) is 12.1 Å². The van der Waals surface area contributed by atoms with Crippen molar-refractivity contribution in [2.75, 3.05) is 0 Å². The quantitative estimate of drug-likeness (QED) is 0.665. The maximum absolute atomic E-state index is 7.37. The van der Waals surface area contributed by atoms with Gasteiger partial charge in [-0.15, -0.1) is 5.10 Å². The first-order valence-electron chi connectivity index (χ1n) is 5.75. The van der Waals surface area contributed by atoms with Gasteiger partial charge in [0.05, 0.1) is 11.1 Å². The Morgan fingerprint density at radius 2 is 2.26 bits per heavy atom. The molecule has 0 radical (unpaired) electrons. The monoisotopic (exact) mass is 294 g/mol. The molecule has 0 unspecified atom stereocenters. The summed E-state index contributed by atoms with van der Waals surface area (Å²) in [4.78, 5) is 0.850. The molecule has 2 aromatic rings. The highest BCUT2D eigenvalue weighted by atomic mass is 35.5. The van der Waals surface area contributed by atoms with Crippen LogP contribution < -0.4 is 5.73 Å². The number of hydrogen-bond acceptors (Lipinski definition) is 5. The molecular formula is C11H11ClN6S. The highest BCUT2D eigenvalue weighted by molar-refractivity contribution is 7.99. The van der Waals surface area contributed by atoms with Crippen molar-refractivity contribution in [1.29, 1.82) is 5.41 Å². The predicted molar refractivity (Wildman–Crippen MR) is 72.7 cm³/mol. The highest BCUT2D eigenvalue weighted by Crippen LogP contribution is 2.39. The first-order valence-corrected chi connectivity index (χ1v) is 6.94. The number of nitrogen functional groups attached to an aromatic ring is 1. The van der Waals surface area contributed by atoms with Gasteiger partial charge < -0.3 is 5.73 Å². The molecular weight excluding hydrogens is 284 g/mol. The number of benzene rings is 1. The van der Waals surface area contributed by atoms with E-state index in [4.69, 9.17) is 22.7 Å². The summed E-state index contributed by atoms with van der Waals surface area (Å²) in [6.07, 6.45) is 2.24. The number of hydrogen-bond donors (Lipinski definition) is 2. The lowest BCUT2D eigenvalue weighted by Gasteiger charge is -2.06. The fourth-order valence-electron chi connectivity index (χ4n) is 1.65. The molecule has 0 spiro atoms. The van der Waals surface area contributed by atoms with Crippen molar-refractivity contribution in [3.8, 4) is 0 Å². The molecule has 8 heteroatoms. The maximum Gasteiger partial charge on any atom is 0.214 e. The van der Waals surface area contributed by atoms with Crippen LogP contribution in [0.25, 0.3) is 0 Å². The number of amidine groups is 1. The molecule has 98 valence electrons. The number of tetrazole rings is 1. The standard InChI is InChI=1S/C11H11ClN6S/c12-8-5-6(10(13)14)1-4-9(8)19-11-15-16-17-18(11)7-2-3-7/h1,4-5,7H,2-3H2,(H3,13,14).